The van der Waals surface area contributed by atoms with Crippen molar-refractivity contribution in [2.24, 2.45) is 0 Å². The van der Waals surface area contributed by atoms with Crippen LogP contribution in [0, 0.1) is 13.8 Å². The van der Waals surface area contributed by atoms with E-state index in [0.717, 1.165) is 29.9 Å². The van der Waals surface area contributed by atoms with Gasteiger partial charge in [0, 0.05) is 31.9 Å². The van der Waals surface area contributed by atoms with Crippen LogP contribution >= 0.6 is 0 Å². The molecule has 0 aliphatic carbocycles. The Morgan fingerprint density at radius 2 is 1.58 bits per heavy atom. The summed E-state index contributed by atoms with van der Waals surface area (Å²) in [7, 11) is 2.04. The Bertz CT molecular complexity index is 806. The summed E-state index contributed by atoms with van der Waals surface area (Å²) < 4.78 is 0. The molecule has 26 heavy (non-hydrogen) atoms. The van der Waals surface area contributed by atoms with Gasteiger partial charge in [-0.1, -0.05) is 12.1 Å². The van der Waals surface area contributed by atoms with Gasteiger partial charge in [0.1, 0.15) is 11.4 Å². The lowest BCUT2D eigenvalue weighted by atomic mass is 10.1. The fourth-order valence-corrected chi connectivity index (χ4v) is 3.09. The van der Waals surface area contributed by atoms with Crippen molar-refractivity contribution in [3.8, 4) is 0 Å². The van der Waals surface area contributed by atoms with Gasteiger partial charge < -0.3 is 15.1 Å². The molecule has 2 aromatic rings. The molecule has 1 aliphatic heterocycles. The molecule has 2 heterocycles. The van der Waals surface area contributed by atoms with Crippen LogP contribution in [0.15, 0.2) is 36.4 Å². The summed E-state index contributed by atoms with van der Waals surface area (Å²) in [4.78, 5) is 33.4. The summed E-state index contributed by atoms with van der Waals surface area (Å²) >= 11 is 0. The molecule has 0 radical (unpaired) electrons. The molecule has 1 aromatic carbocycles. The summed E-state index contributed by atoms with van der Waals surface area (Å²) in [5, 5.41) is 2.86. The Kier molecular flexibility index (Phi) is 5.32. The number of aryl methyl sites for hydroxylation is 2. The van der Waals surface area contributed by atoms with Gasteiger partial charge in [0.05, 0.1) is 0 Å². The number of hydrogen-bond donors (Lipinski definition) is 1. The molecule has 6 heteroatoms. The second-order valence-corrected chi connectivity index (χ2v) is 6.83. The highest BCUT2D eigenvalue weighted by Crippen LogP contribution is 2.15. The largest absolute Gasteiger partial charge is 0.335 e. The highest BCUT2D eigenvalue weighted by Gasteiger charge is 2.22. The van der Waals surface area contributed by atoms with Crippen LogP contribution in [0.2, 0.25) is 0 Å². The number of piperazine rings is 1. The van der Waals surface area contributed by atoms with Gasteiger partial charge in [0.15, 0.2) is 0 Å². The average molecular weight is 352 g/mol. The molecular weight excluding hydrogens is 328 g/mol. The minimum absolute atomic E-state index is 0.126. The molecule has 1 saturated heterocycles. The van der Waals surface area contributed by atoms with E-state index in [1.807, 2.05) is 39.1 Å². The fourth-order valence-electron chi connectivity index (χ4n) is 3.09. The van der Waals surface area contributed by atoms with E-state index in [2.05, 4.69) is 15.2 Å². The summed E-state index contributed by atoms with van der Waals surface area (Å²) in [6.07, 6.45) is 0. The first kappa shape index (κ1) is 18.1. The molecule has 1 fully saturated rings. The number of carbonyl (C=O) groups is 2. The maximum atomic E-state index is 12.6. The van der Waals surface area contributed by atoms with Crippen LogP contribution in [0.3, 0.4) is 0 Å². The smallest absolute Gasteiger partial charge is 0.274 e. The number of carbonyl (C=O) groups excluding carboxylic acids is 2. The minimum atomic E-state index is -0.317. The van der Waals surface area contributed by atoms with E-state index in [0.29, 0.717) is 18.8 Å². The van der Waals surface area contributed by atoms with E-state index >= 15 is 0 Å². The number of likely N-dealkylation sites (N-methyl/N-ethyl adjacent to an activating group) is 1. The third-order valence-corrected chi connectivity index (χ3v) is 4.47. The summed E-state index contributed by atoms with van der Waals surface area (Å²) in [6.45, 7) is 7.01. The van der Waals surface area contributed by atoms with Crippen molar-refractivity contribution in [1.82, 2.24) is 14.8 Å². The lowest BCUT2D eigenvalue weighted by Gasteiger charge is -2.32. The Morgan fingerprint density at radius 3 is 2.23 bits per heavy atom. The van der Waals surface area contributed by atoms with Crippen molar-refractivity contribution in [3.63, 3.8) is 0 Å². The number of nitrogens with zero attached hydrogens (tertiary/aromatic N) is 3. The Balaban J connectivity index is 1.74. The molecule has 0 bridgehead atoms. The Morgan fingerprint density at radius 1 is 0.962 bits per heavy atom. The zero-order chi connectivity index (χ0) is 18.7. The van der Waals surface area contributed by atoms with E-state index < -0.39 is 0 Å². The number of anilines is 1. The first-order valence-corrected chi connectivity index (χ1v) is 8.77. The third-order valence-electron chi connectivity index (χ3n) is 4.47. The van der Waals surface area contributed by atoms with E-state index in [9.17, 15) is 9.59 Å². The van der Waals surface area contributed by atoms with Gasteiger partial charge in [-0.15, -0.1) is 0 Å². The second kappa shape index (κ2) is 7.66. The number of hydrogen-bond acceptors (Lipinski definition) is 4. The van der Waals surface area contributed by atoms with Gasteiger partial charge in [-0.25, -0.2) is 4.98 Å². The van der Waals surface area contributed by atoms with Gasteiger partial charge >= 0.3 is 0 Å². The first-order chi connectivity index (χ1) is 12.4. The zero-order valence-corrected chi connectivity index (χ0v) is 15.5. The van der Waals surface area contributed by atoms with E-state index in [-0.39, 0.29) is 17.5 Å². The van der Waals surface area contributed by atoms with Crippen molar-refractivity contribution in [1.29, 1.82) is 0 Å². The number of rotatable bonds is 3. The molecule has 6 nitrogen and oxygen atoms in total. The molecule has 2 amide bonds. The number of pyridine rings is 1. The second-order valence-electron chi connectivity index (χ2n) is 6.83. The fraction of sp³-hybridized carbons (Fsp3) is 0.350. The van der Waals surface area contributed by atoms with E-state index in [4.69, 9.17) is 0 Å². The summed E-state index contributed by atoms with van der Waals surface area (Å²) in [5.41, 5.74) is 3.43. The van der Waals surface area contributed by atoms with Gasteiger partial charge in [-0.2, -0.15) is 0 Å². The van der Waals surface area contributed by atoms with Crippen LogP contribution in [0.1, 0.15) is 32.1 Å². The standard InChI is InChI=1S/C20H24N4O2/c1-14-11-15(2)13-16(12-14)21-19(25)17-5-4-6-18(22-17)20(26)24-9-7-23(3)8-10-24/h4-6,11-13H,7-10H2,1-3H3,(H,21,25). The van der Waals surface area contributed by atoms with Crippen molar-refractivity contribution in [2.45, 2.75) is 13.8 Å². The molecule has 1 aliphatic rings. The van der Waals surface area contributed by atoms with Gasteiger partial charge in [-0.05, 0) is 56.3 Å². The number of nitrogens with one attached hydrogen (secondary N) is 1. The molecule has 0 atom stereocenters. The number of amides is 2. The van der Waals surface area contributed by atoms with Crippen LogP contribution in [-0.4, -0.2) is 59.8 Å². The quantitative estimate of drug-likeness (QED) is 0.921. The Labute approximate surface area is 153 Å². The van der Waals surface area contributed by atoms with Crippen LogP contribution in [0.4, 0.5) is 5.69 Å². The van der Waals surface area contributed by atoms with Crippen LogP contribution in [0.5, 0.6) is 0 Å². The van der Waals surface area contributed by atoms with E-state index in [1.54, 1.807) is 23.1 Å². The normalized spacial score (nSPS) is 15.0. The topological polar surface area (TPSA) is 65.5 Å². The van der Waals surface area contributed by atoms with Gasteiger partial charge in [-0.3, -0.25) is 9.59 Å². The molecule has 0 spiro atoms. The first-order valence-electron chi connectivity index (χ1n) is 8.77. The molecule has 0 saturated carbocycles. The van der Waals surface area contributed by atoms with Crippen LogP contribution in [0.25, 0.3) is 0 Å². The molecule has 3 rings (SSSR count). The maximum absolute atomic E-state index is 12.6. The molecule has 1 aromatic heterocycles. The maximum Gasteiger partial charge on any atom is 0.274 e. The summed E-state index contributed by atoms with van der Waals surface area (Å²) in [5.74, 6) is -0.442. The highest BCUT2D eigenvalue weighted by atomic mass is 16.2. The average Bonchev–Trinajstić information content (AvgIpc) is 2.61. The predicted octanol–water partition coefficient (Wildman–Crippen LogP) is 2.34. The monoisotopic (exact) mass is 352 g/mol. The van der Waals surface area contributed by atoms with Gasteiger partial charge in [0.25, 0.3) is 11.8 Å². The van der Waals surface area contributed by atoms with E-state index in [1.165, 1.54) is 0 Å². The molecule has 1 N–H and O–H groups in total. The van der Waals surface area contributed by atoms with Crippen LogP contribution in [-0.2, 0) is 0 Å². The molecular formula is C20H24N4O2. The number of benzene rings is 1. The van der Waals surface area contributed by atoms with Crippen LogP contribution < -0.4 is 5.32 Å². The van der Waals surface area contributed by atoms with Crippen molar-refractivity contribution < 1.29 is 9.59 Å². The zero-order valence-electron chi connectivity index (χ0n) is 15.5. The van der Waals surface area contributed by atoms with Crippen molar-refractivity contribution in [2.75, 3.05) is 38.5 Å². The minimum Gasteiger partial charge on any atom is -0.335 e. The van der Waals surface area contributed by atoms with Crippen molar-refractivity contribution >= 4 is 17.5 Å². The summed E-state index contributed by atoms with van der Waals surface area (Å²) in [6, 6.07) is 10.8. The molecule has 0 unspecified atom stereocenters. The number of aromatic nitrogens is 1. The lowest BCUT2D eigenvalue weighted by molar-refractivity contribution is 0.0658. The van der Waals surface area contributed by atoms with Gasteiger partial charge in [0.2, 0.25) is 0 Å². The van der Waals surface area contributed by atoms with Crippen molar-refractivity contribution in [3.05, 3.63) is 58.9 Å². The molecule has 136 valence electrons. The third kappa shape index (κ3) is 4.26. The Hall–Kier alpha value is -2.73. The highest BCUT2D eigenvalue weighted by molar-refractivity contribution is 6.04. The SMILES string of the molecule is Cc1cc(C)cc(NC(=O)c2cccc(C(=O)N3CCN(C)CC3)n2)c1. The predicted molar refractivity (Wildman–Crippen MR) is 102 cm³/mol. The lowest BCUT2D eigenvalue weighted by Crippen LogP contribution is -2.47.